The molecule has 2 aromatic carbocycles. The molecule has 224 valence electrons. The number of benzene rings is 2. The highest BCUT2D eigenvalue weighted by atomic mass is 19.3. The predicted molar refractivity (Wildman–Crippen MR) is 151 cm³/mol. The molecule has 42 heavy (non-hydrogen) atoms. The van der Waals surface area contributed by atoms with Crippen LogP contribution < -0.4 is 19.5 Å². The van der Waals surface area contributed by atoms with Crippen molar-refractivity contribution in [2.24, 2.45) is 11.8 Å². The standard InChI is InChI=1S/C31H34F2N2O7/c1-15(2)34-24-11-9-21-25(17-6-10-22(41-5)23(14-17)42-31(32)33)27(30(38)39)26(28(21)35-24)20-8-7-19(40-4)13-18(20)12-16(3)29(36)37/h6-11,13-16,25-27,31H,12H2,1-5H3,(H,34,35)(H,36,37)(H,38,39)/t16?,25-,26-,27+/m0/s1. The van der Waals surface area contributed by atoms with Gasteiger partial charge < -0.3 is 29.7 Å². The van der Waals surface area contributed by atoms with Crippen molar-refractivity contribution >= 4 is 17.8 Å². The summed E-state index contributed by atoms with van der Waals surface area (Å²) < 4.78 is 41.8. The van der Waals surface area contributed by atoms with E-state index in [2.05, 4.69) is 5.32 Å². The molecule has 9 nitrogen and oxygen atoms in total. The van der Waals surface area contributed by atoms with Crippen molar-refractivity contribution in [3.8, 4) is 17.2 Å². The lowest BCUT2D eigenvalue weighted by atomic mass is 9.78. The number of ether oxygens (including phenoxy) is 3. The second kappa shape index (κ2) is 12.6. The first kappa shape index (κ1) is 30.5. The van der Waals surface area contributed by atoms with E-state index in [0.717, 1.165) is 0 Å². The number of aromatic nitrogens is 1. The van der Waals surface area contributed by atoms with E-state index < -0.39 is 42.2 Å². The third-order valence-corrected chi connectivity index (χ3v) is 7.42. The quantitative estimate of drug-likeness (QED) is 0.243. The van der Waals surface area contributed by atoms with Crippen molar-refractivity contribution in [1.29, 1.82) is 0 Å². The fraction of sp³-hybridized carbons (Fsp3) is 0.387. The van der Waals surface area contributed by atoms with Gasteiger partial charge in [-0.1, -0.05) is 25.1 Å². The number of anilines is 1. The third kappa shape index (κ3) is 6.24. The SMILES string of the molecule is COc1ccc([C@@H]2c3nc(NC(C)C)ccc3[C@H](c3ccc(OC)c(OC(F)F)c3)[C@H]2C(=O)O)c(CC(C)C(=O)O)c1. The molecule has 1 unspecified atom stereocenters. The van der Waals surface area contributed by atoms with Gasteiger partial charge in [-0.05, 0) is 72.9 Å². The summed E-state index contributed by atoms with van der Waals surface area (Å²) in [5.41, 5.74) is 2.77. The molecule has 0 bridgehead atoms. The van der Waals surface area contributed by atoms with Crippen molar-refractivity contribution < 1.29 is 42.8 Å². The molecule has 0 spiro atoms. The molecule has 1 heterocycles. The smallest absolute Gasteiger partial charge is 0.387 e. The van der Waals surface area contributed by atoms with E-state index in [9.17, 15) is 28.6 Å². The van der Waals surface area contributed by atoms with Gasteiger partial charge in [0.25, 0.3) is 0 Å². The lowest BCUT2D eigenvalue weighted by molar-refractivity contribution is -0.143. The first-order valence-electron chi connectivity index (χ1n) is 13.5. The van der Waals surface area contributed by atoms with Crippen LogP contribution in [0.1, 0.15) is 60.6 Å². The van der Waals surface area contributed by atoms with Crippen molar-refractivity contribution in [1.82, 2.24) is 4.98 Å². The maximum Gasteiger partial charge on any atom is 0.387 e. The molecule has 4 atom stereocenters. The number of rotatable bonds is 12. The Morgan fingerprint density at radius 3 is 2.24 bits per heavy atom. The lowest BCUT2D eigenvalue weighted by Gasteiger charge is -2.25. The van der Waals surface area contributed by atoms with Crippen LogP contribution in [0.25, 0.3) is 0 Å². The molecule has 3 N–H and O–H groups in total. The van der Waals surface area contributed by atoms with Crippen LogP contribution in [0.15, 0.2) is 48.5 Å². The third-order valence-electron chi connectivity index (χ3n) is 7.42. The Morgan fingerprint density at radius 2 is 1.64 bits per heavy atom. The van der Waals surface area contributed by atoms with E-state index in [0.29, 0.717) is 39.5 Å². The Labute approximate surface area is 242 Å². The van der Waals surface area contributed by atoms with Crippen LogP contribution in [-0.2, 0) is 16.0 Å². The minimum Gasteiger partial charge on any atom is -0.497 e. The molecule has 11 heteroatoms. The number of hydrogen-bond acceptors (Lipinski definition) is 7. The molecule has 0 saturated carbocycles. The number of halogens is 2. The molecule has 4 rings (SSSR count). The van der Waals surface area contributed by atoms with Crippen LogP contribution >= 0.6 is 0 Å². The number of pyridine rings is 1. The van der Waals surface area contributed by atoms with Gasteiger partial charge in [-0.15, -0.1) is 0 Å². The van der Waals surface area contributed by atoms with E-state index in [1.165, 1.54) is 26.4 Å². The topological polar surface area (TPSA) is 127 Å². The highest BCUT2D eigenvalue weighted by molar-refractivity contribution is 5.78. The molecular weight excluding hydrogens is 550 g/mol. The molecule has 0 fully saturated rings. The van der Waals surface area contributed by atoms with E-state index >= 15 is 0 Å². The van der Waals surface area contributed by atoms with Gasteiger partial charge in [0.15, 0.2) is 11.5 Å². The molecule has 0 aliphatic heterocycles. The zero-order valence-corrected chi connectivity index (χ0v) is 23.9. The number of fused-ring (bicyclic) bond motifs is 1. The second-order valence-corrected chi connectivity index (χ2v) is 10.6. The molecule has 1 aromatic heterocycles. The molecule has 0 radical (unpaired) electrons. The summed E-state index contributed by atoms with van der Waals surface area (Å²) in [7, 11) is 2.82. The number of alkyl halides is 2. The summed E-state index contributed by atoms with van der Waals surface area (Å²) in [6.45, 7) is 2.37. The van der Waals surface area contributed by atoms with E-state index in [1.807, 2.05) is 13.8 Å². The molecule has 3 aromatic rings. The van der Waals surface area contributed by atoms with Crippen LogP contribution in [0.4, 0.5) is 14.6 Å². The van der Waals surface area contributed by atoms with E-state index in [1.54, 1.807) is 43.3 Å². The predicted octanol–water partition coefficient (Wildman–Crippen LogP) is 5.76. The van der Waals surface area contributed by atoms with Crippen molar-refractivity contribution in [3.05, 3.63) is 76.5 Å². The number of carboxylic acids is 2. The Bertz CT molecular complexity index is 1460. The van der Waals surface area contributed by atoms with Crippen LogP contribution in [0.5, 0.6) is 17.2 Å². The van der Waals surface area contributed by atoms with E-state index in [-0.39, 0.29) is 24.0 Å². The Hall–Kier alpha value is -4.41. The first-order chi connectivity index (χ1) is 19.9. The fourth-order valence-electron chi connectivity index (χ4n) is 5.62. The van der Waals surface area contributed by atoms with Gasteiger partial charge in [-0.25, -0.2) is 4.98 Å². The van der Waals surface area contributed by atoms with Gasteiger partial charge in [0.2, 0.25) is 0 Å². The molecule has 1 aliphatic carbocycles. The monoisotopic (exact) mass is 584 g/mol. The Balaban J connectivity index is 1.97. The van der Waals surface area contributed by atoms with Crippen LogP contribution in [-0.4, -0.2) is 54.0 Å². The van der Waals surface area contributed by atoms with Gasteiger partial charge >= 0.3 is 18.6 Å². The van der Waals surface area contributed by atoms with Crippen LogP contribution in [0.2, 0.25) is 0 Å². The highest BCUT2D eigenvalue weighted by Gasteiger charge is 2.48. The average Bonchev–Trinajstić information content (AvgIpc) is 3.26. The maximum atomic E-state index is 13.2. The highest BCUT2D eigenvalue weighted by Crippen LogP contribution is 2.54. The number of carboxylic acid groups (broad SMARTS) is 2. The summed E-state index contributed by atoms with van der Waals surface area (Å²) in [5, 5.41) is 23.6. The number of carbonyl (C=O) groups is 2. The summed E-state index contributed by atoms with van der Waals surface area (Å²) in [4.78, 5) is 29.8. The Morgan fingerprint density at radius 1 is 0.929 bits per heavy atom. The lowest BCUT2D eigenvalue weighted by Crippen LogP contribution is -2.25. The zero-order chi connectivity index (χ0) is 30.7. The fourth-order valence-corrected chi connectivity index (χ4v) is 5.62. The second-order valence-electron chi connectivity index (χ2n) is 10.6. The van der Waals surface area contributed by atoms with Gasteiger partial charge in [-0.2, -0.15) is 8.78 Å². The molecular formula is C31H34F2N2O7. The van der Waals surface area contributed by atoms with Gasteiger partial charge in [0.1, 0.15) is 11.6 Å². The minimum absolute atomic E-state index is 0.0464. The largest absolute Gasteiger partial charge is 0.497 e. The van der Waals surface area contributed by atoms with Crippen molar-refractivity contribution in [2.75, 3.05) is 19.5 Å². The normalized spacial score (nSPS) is 18.5. The van der Waals surface area contributed by atoms with Gasteiger partial charge in [0, 0.05) is 17.9 Å². The number of nitrogens with one attached hydrogen (secondary N) is 1. The first-order valence-corrected chi connectivity index (χ1v) is 13.5. The summed E-state index contributed by atoms with van der Waals surface area (Å²) in [6.07, 6.45) is 0.129. The summed E-state index contributed by atoms with van der Waals surface area (Å²) in [6, 6.07) is 13.2. The minimum atomic E-state index is -3.11. The number of aliphatic carboxylic acids is 2. The molecule has 0 amide bonds. The number of hydrogen-bond donors (Lipinski definition) is 3. The van der Waals surface area contributed by atoms with Crippen molar-refractivity contribution in [2.45, 2.75) is 51.7 Å². The van der Waals surface area contributed by atoms with E-state index in [4.69, 9.17) is 19.2 Å². The number of methoxy groups -OCH3 is 2. The average molecular weight is 585 g/mol. The Kier molecular flexibility index (Phi) is 9.18. The molecule has 1 aliphatic rings. The van der Waals surface area contributed by atoms with Crippen LogP contribution in [0.3, 0.4) is 0 Å². The van der Waals surface area contributed by atoms with Gasteiger partial charge in [-0.3, -0.25) is 9.59 Å². The number of nitrogens with zero attached hydrogens (tertiary/aromatic N) is 1. The molecule has 0 saturated heterocycles. The van der Waals surface area contributed by atoms with Gasteiger partial charge in [0.05, 0.1) is 31.7 Å². The van der Waals surface area contributed by atoms with Crippen LogP contribution in [0, 0.1) is 11.8 Å². The summed E-state index contributed by atoms with van der Waals surface area (Å²) in [5.74, 6) is -4.66. The van der Waals surface area contributed by atoms with Crippen molar-refractivity contribution in [3.63, 3.8) is 0 Å². The maximum absolute atomic E-state index is 13.2. The summed E-state index contributed by atoms with van der Waals surface area (Å²) >= 11 is 0. The zero-order valence-electron chi connectivity index (χ0n) is 23.9.